The summed E-state index contributed by atoms with van der Waals surface area (Å²) >= 11 is 1.81. The third-order valence-corrected chi connectivity index (χ3v) is 7.11. The van der Waals surface area contributed by atoms with Crippen LogP contribution in [0.1, 0.15) is 52.7 Å². The average Bonchev–Trinajstić information content (AvgIpc) is 3.09. The fraction of sp³-hybridized carbons (Fsp3) is 0.333. The molecule has 3 heteroatoms. The molecule has 2 nitrogen and oxygen atoms in total. The highest BCUT2D eigenvalue weighted by Crippen LogP contribution is 2.39. The van der Waals surface area contributed by atoms with Gasteiger partial charge in [0.2, 0.25) is 0 Å². The van der Waals surface area contributed by atoms with Gasteiger partial charge in [0.1, 0.15) is 6.33 Å². The molecule has 0 N–H and O–H groups in total. The molecule has 2 heterocycles. The van der Waals surface area contributed by atoms with Gasteiger partial charge in [0.05, 0.1) is 15.9 Å². The fourth-order valence-corrected chi connectivity index (χ4v) is 5.94. The van der Waals surface area contributed by atoms with Crippen LogP contribution in [0.15, 0.2) is 60.9 Å². The minimum absolute atomic E-state index is 0.271. The molecular weight excluding hydrogens is 420 g/mol. The molecule has 0 amide bonds. The zero-order valence-corrected chi connectivity index (χ0v) is 21.3. The first-order valence-corrected chi connectivity index (χ1v) is 12.6. The molecule has 0 saturated carbocycles. The third-order valence-electron chi connectivity index (χ3n) is 5.96. The number of nitrogens with zero attached hydrogens (tertiary/aromatic N) is 2. The Kier molecular flexibility index (Phi) is 5.29. The molecule has 0 aliphatic rings. The summed E-state index contributed by atoms with van der Waals surface area (Å²) in [7, 11) is 0. The maximum atomic E-state index is 4.73. The van der Waals surface area contributed by atoms with Gasteiger partial charge in [-0.25, -0.2) is 9.97 Å². The van der Waals surface area contributed by atoms with Crippen LogP contribution in [0.5, 0.6) is 0 Å². The molecule has 0 fully saturated rings. The van der Waals surface area contributed by atoms with E-state index >= 15 is 0 Å². The van der Waals surface area contributed by atoms with E-state index < -0.39 is 0 Å². The second-order valence-corrected chi connectivity index (χ2v) is 12.8. The monoisotopic (exact) mass is 452 g/mol. The van der Waals surface area contributed by atoms with Crippen LogP contribution >= 0.6 is 11.3 Å². The molecule has 2 aromatic heterocycles. The van der Waals surface area contributed by atoms with E-state index in [1.54, 1.807) is 6.33 Å². The number of hydrogen-bond donors (Lipinski definition) is 0. The van der Waals surface area contributed by atoms with Gasteiger partial charge in [-0.05, 0) is 57.7 Å². The fourth-order valence-electron chi connectivity index (χ4n) is 4.71. The summed E-state index contributed by atoms with van der Waals surface area (Å²) in [5.74, 6) is 0. The van der Waals surface area contributed by atoms with Gasteiger partial charge in [0.15, 0.2) is 0 Å². The molecule has 5 rings (SSSR count). The van der Waals surface area contributed by atoms with E-state index in [0.29, 0.717) is 0 Å². The number of hydrogen-bond acceptors (Lipinski definition) is 3. The quantitative estimate of drug-likeness (QED) is 0.273. The van der Waals surface area contributed by atoms with E-state index in [4.69, 9.17) is 4.98 Å². The second kappa shape index (κ2) is 7.92. The van der Waals surface area contributed by atoms with Crippen LogP contribution in [0.3, 0.4) is 0 Å². The van der Waals surface area contributed by atoms with Crippen LogP contribution in [0.2, 0.25) is 0 Å². The van der Waals surface area contributed by atoms with Crippen LogP contribution in [0, 0.1) is 10.8 Å². The van der Waals surface area contributed by atoms with Crippen LogP contribution in [0.4, 0.5) is 0 Å². The van der Waals surface area contributed by atoms with Crippen LogP contribution in [-0.4, -0.2) is 9.97 Å². The van der Waals surface area contributed by atoms with Gasteiger partial charge in [-0.15, -0.1) is 11.3 Å². The molecule has 3 aromatic carbocycles. The molecule has 0 saturated heterocycles. The van der Waals surface area contributed by atoms with Crippen molar-refractivity contribution in [3.8, 4) is 11.3 Å². The lowest BCUT2D eigenvalue weighted by molar-refractivity contribution is 0.411. The van der Waals surface area contributed by atoms with Gasteiger partial charge in [-0.2, -0.15) is 0 Å². The lowest BCUT2D eigenvalue weighted by Crippen LogP contribution is -2.08. The smallest absolute Gasteiger partial charge is 0.116 e. The number of aromatic nitrogens is 2. The van der Waals surface area contributed by atoms with E-state index in [2.05, 4.69) is 101 Å². The Morgan fingerprint density at radius 2 is 1.33 bits per heavy atom. The summed E-state index contributed by atoms with van der Waals surface area (Å²) in [4.78, 5) is 9.39. The highest BCUT2D eigenvalue weighted by atomic mass is 32.1. The molecule has 5 aromatic rings. The van der Waals surface area contributed by atoms with Crippen molar-refractivity contribution in [1.82, 2.24) is 9.97 Å². The highest BCUT2D eigenvalue weighted by Gasteiger charge is 2.16. The van der Waals surface area contributed by atoms with Gasteiger partial charge in [0.25, 0.3) is 0 Å². The van der Waals surface area contributed by atoms with Gasteiger partial charge < -0.3 is 0 Å². The molecular formula is C30H32N2S. The Hall–Kier alpha value is -2.78. The molecule has 168 valence electrons. The Morgan fingerprint density at radius 1 is 0.697 bits per heavy atom. The molecule has 0 bridgehead atoms. The van der Waals surface area contributed by atoms with Crippen molar-refractivity contribution < 1.29 is 0 Å². The standard InChI is InChI=1S/C30H32N2S/c1-29(2,3)16-19-7-9-22-15-23(11-10-21(22)13-19)26-28-27(32-18-31-26)24-12-8-20(14-25(24)33-28)17-30(4,5)6/h7-15,18H,16-17H2,1-6H3. The number of fused-ring (bicyclic) bond motifs is 4. The SMILES string of the molecule is CC(C)(C)Cc1ccc2cc(-c3ncnc4c3sc3cc(CC(C)(C)C)ccc34)ccc2c1. The topological polar surface area (TPSA) is 25.8 Å². The van der Waals surface area contributed by atoms with Crippen LogP contribution < -0.4 is 0 Å². The average molecular weight is 453 g/mol. The van der Waals surface area contributed by atoms with Gasteiger partial charge in [-0.3, -0.25) is 0 Å². The van der Waals surface area contributed by atoms with E-state index in [-0.39, 0.29) is 10.8 Å². The van der Waals surface area contributed by atoms with Crippen LogP contribution in [0.25, 0.3) is 42.3 Å². The first-order chi connectivity index (χ1) is 15.6. The summed E-state index contributed by atoms with van der Waals surface area (Å²) in [6.07, 6.45) is 3.86. The van der Waals surface area contributed by atoms with E-state index in [1.165, 1.54) is 36.7 Å². The molecule has 0 spiro atoms. The molecule has 0 radical (unpaired) electrons. The zero-order valence-electron chi connectivity index (χ0n) is 20.5. The van der Waals surface area contributed by atoms with Crippen molar-refractivity contribution >= 4 is 42.4 Å². The van der Waals surface area contributed by atoms with Crippen molar-refractivity contribution in [3.63, 3.8) is 0 Å². The Balaban J connectivity index is 1.58. The lowest BCUT2D eigenvalue weighted by atomic mass is 9.87. The van der Waals surface area contributed by atoms with Gasteiger partial charge in [-0.1, -0.05) is 84.0 Å². The minimum atomic E-state index is 0.271. The number of rotatable bonds is 3. The van der Waals surface area contributed by atoms with Gasteiger partial charge in [0, 0.05) is 15.6 Å². The minimum Gasteiger partial charge on any atom is -0.235 e. The largest absolute Gasteiger partial charge is 0.235 e. The van der Waals surface area contributed by atoms with Crippen LogP contribution in [-0.2, 0) is 12.8 Å². The lowest BCUT2D eigenvalue weighted by Gasteiger charge is -2.18. The third kappa shape index (κ3) is 4.65. The van der Waals surface area contributed by atoms with E-state index in [0.717, 1.165) is 29.6 Å². The van der Waals surface area contributed by atoms with Crippen molar-refractivity contribution in [3.05, 3.63) is 72.1 Å². The number of benzene rings is 3. The highest BCUT2D eigenvalue weighted by molar-refractivity contribution is 7.26. The van der Waals surface area contributed by atoms with Gasteiger partial charge >= 0.3 is 0 Å². The normalized spacial score (nSPS) is 12.8. The predicted octanol–water partition coefficient (Wildman–Crippen LogP) is 8.84. The zero-order chi connectivity index (χ0) is 23.4. The first-order valence-electron chi connectivity index (χ1n) is 11.8. The number of thiophene rings is 1. The summed E-state index contributed by atoms with van der Waals surface area (Å²) in [6.45, 7) is 13.7. The molecule has 0 atom stereocenters. The molecule has 33 heavy (non-hydrogen) atoms. The van der Waals surface area contributed by atoms with Crippen molar-refractivity contribution in [2.75, 3.05) is 0 Å². The molecule has 0 aliphatic heterocycles. The Bertz CT molecular complexity index is 1480. The molecule has 0 aliphatic carbocycles. The first kappa shape index (κ1) is 22.0. The maximum absolute atomic E-state index is 4.73. The van der Waals surface area contributed by atoms with Crippen molar-refractivity contribution in [1.29, 1.82) is 0 Å². The summed E-state index contributed by atoms with van der Waals surface area (Å²) in [5, 5.41) is 3.77. The van der Waals surface area contributed by atoms with E-state index in [1.807, 2.05) is 11.3 Å². The van der Waals surface area contributed by atoms with E-state index in [9.17, 15) is 0 Å². The Morgan fingerprint density at radius 3 is 2.06 bits per heavy atom. The van der Waals surface area contributed by atoms with Crippen molar-refractivity contribution in [2.45, 2.75) is 54.4 Å². The molecule has 0 unspecified atom stereocenters. The second-order valence-electron chi connectivity index (χ2n) is 11.7. The Labute approximate surface area is 200 Å². The van der Waals surface area contributed by atoms with Crippen molar-refractivity contribution in [2.24, 2.45) is 10.8 Å². The summed E-state index contributed by atoms with van der Waals surface area (Å²) < 4.78 is 2.46. The predicted molar refractivity (Wildman–Crippen MR) is 144 cm³/mol. The maximum Gasteiger partial charge on any atom is 0.116 e. The summed E-state index contributed by atoms with van der Waals surface area (Å²) in [5.41, 5.74) is 6.57. The summed E-state index contributed by atoms with van der Waals surface area (Å²) in [6, 6.07) is 20.4.